The Morgan fingerprint density at radius 3 is 2.35 bits per heavy atom. The molecule has 3 aromatic carbocycles. The van der Waals surface area contributed by atoms with Crippen LogP contribution < -0.4 is 4.90 Å². The van der Waals surface area contributed by atoms with Gasteiger partial charge in [0, 0.05) is 25.2 Å². The van der Waals surface area contributed by atoms with E-state index in [-0.39, 0.29) is 0 Å². The van der Waals surface area contributed by atoms with Crippen molar-refractivity contribution in [3.05, 3.63) is 65.2 Å². The number of hydrogen-bond donors (Lipinski definition) is 0. The largest absolute Gasteiger partial charge is 0.377 e. The van der Waals surface area contributed by atoms with Gasteiger partial charge < -0.3 is 4.90 Å². The summed E-state index contributed by atoms with van der Waals surface area (Å²) in [5, 5.41) is 11.9. The van der Waals surface area contributed by atoms with E-state index in [0.717, 1.165) is 16.7 Å². The molecule has 0 atom stereocenters. The van der Waals surface area contributed by atoms with E-state index >= 15 is 0 Å². The van der Waals surface area contributed by atoms with Gasteiger partial charge >= 0.3 is 0 Å². The van der Waals surface area contributed by atoms with E-state index < -0.39 is 0 Å². The van der Waals surface area contributed by atoms with Gasteiger partial charge in [-0.05, 0) is 48.1 Å². The highest BCUT2D eigenvalue weighted by Gasteiger charge is 2.12. The summed E-state index contributed by atoms with van der Waals surface area (Å²) in [4.78, 5) is 2.13. The van der Waals surface area contributed by atoms with Gasteiger partial charge in [-0.15, -0.1) is 0 Å². The van der Waals surface area contributed by atoms with Crippen molar-refractivity contribution in [2.75, 3.05) is 19.0 Å². The summed E-state index contributed by atoms with van der Waals surface area (Å²) in [6, 6.07) is 19.0. The fraction of sp³-hybridized carbons (Fsp3) is 0.190. The lowest BCUT2D eigenvalue weighted by Gasteiger charge is -2.18. The van der Waals surface area contributed by atoms with Gasteiger partial charge in [0.1, 0.15) is 0 Å². The Bertz CT molecular complexity index is 930. The minimum atomic E-state index is 0.724. The third-order valence-corrected chi connectivity index (χ3v) is 4.38. The Balaban J connectivity index is 2.32. The number of nitriles is 1. The van der Waals surface area contributed by atoms with E-state index in [1.807, 2.05) is 12.1 Å². The van der Waals surface area contributed by atoms with Gasteiger partial charge in [-0.25, -0.2) is 0 Å². The Kier molecular flexibility index (Phi) is 3.80. The molecule has 0 unspecified atom stereocenters. The van der Waals surface area contributed by atoms with Crippen molar-refractivity contribution in [2.45, 2.75) is 13.8 Å². The lowest BCUT2D eigenvalue weighted by Crippen LogP contribution is -2.09. The van der Waals surface area contributed by atoms with Gasteiger partial charge in [-0.1, -0.05) is 42.0 Å². The molecule has 0 heterocycles. The Morgan fingerprint density at radius 1 is 0.870 bits per heavy atom. The van der Waals surface area contributed by atoms with Crippen LogP contribution in [0.4, 0.5) is 5.69 Å². The summed E-state index contributed by atoms with van der Waals surface area (Å²) in [5.74, 6) is 0. The predicted molar refractivity (Wildman–Crippen MR) is 97.9 cm³/mol. The highest BCUT2D eigenvalue weighted by atomic mass is 15.1. The van der Waals surface area contributed by atoms with Crippen molar-refractivity contribution in [1.82, 2.24) is 0 Å². The molecule has 0 spiro atoms. The molecule has 3 aromatic rings. The molecule has 2 nitrogen and oxygen atoms in total. The van der Waals surface area contributed by atoms with Gasteiger partial charge in [0.25, 0.3) is 0 Å². The van der Waals surface area contributed by atoms with Crippen molar-refractivity contribution in [1.29, 1.82) is 5.26 Å². The molecule has 0 saturated heterocycles. The quantitative estimate of drug-likeness (QED) is 0.661. The van der Waals surface area contributed by atoms with Crippen molar-refractivity contribution >= 4 is 16.5 Å². The second kappa shape index (κ2) is 5.78. The van der Waals surface area contributed by atoms with Gasteiger partial charge in [0.2, 0.25) is 0 Å². The number of anilines is 1. The topological polar surface area (TPSA) is 27.0 Å². The summed E-state index contributed by atoms with van der Waals surface area (Å²) in [6.07, 6.45) is 0. The zero-order valence-electron chi connectivity index (χ0n) is 14.0. The van der Waals surface area contributed by atoms with E-state index in [9.17, 15) is 5.26 Å². The standard InChI is InChI=1S/C21H20N2/c1-14-8-9-16(13-22)20(12-14)18-10-11-19-17(15(18)2)6-5-7-21(19)23(3)4/h5-12H,1-4H3. The summed E-state index contributed by atoms with van der Waals surface area (Å²) in [5.41, 5.74) is 6.47. The van der Waals surface area contributed by atoms with Crippen LogP contribution >= 0.6 is 0 Å². The first kappa shape index (κ1) is 15.1. The number of aryl methyl sites for hydroxylation is 2. The molecule has 0 fully saturated rings. The Hall–Kier alpha value is -2.79. The summed E-state index contributed by atoms with van der Waals surface area (Å²) in [6.45, 7) is 4.20. The SMILES string of the molecule is Cc1ccc(C#N)c(-c2ccc3c(N(C)C)cccc3c2C)c1. The maximum Gasteiger partial charge on any atom is 0.0998 e. The van der Waals surface area contributed by atoms with Crippen molar-refractivity contribution in [3.63, 3.8) is 0 Å². The van der Waals surface area contributed by atoms with Crippen molar-refractivity contribution in [2.24, 2.45) is 0 Å². The lowest BCUT2D eigenvalue weighted by molar-refractivity contribution is 1.14. The van der Waals surface area contributed by atoms with Gasteiger partial charge in [0.15, 0.2) is 0 Å². The summed E-state index contributed by atoms with van der Waals surface area (Å²) < 4.78 is 0. The molecule has 3 rings (SSSR count). The van der Waals surface area contributed by atoms with Crippen LogP contribution in [0.1, 0.15) is 16.7 Å². The zero-order chi connectivity index (χ0) is 16.6. The van der Waals surface area contributed by atoms with Crippen LogP contribution in [0, 0.1) is 25.2 Å². The molecular weight excluding hydrogens is 280 g/mol. The first-order valence-corrected chi connectivity index (χ1v) is 7.73. The van der Waals surface area contributed by atoms with Crippen LogP contribution in [0.5, 0.6) is 0 Å². The van der Waals surface area contributed by atoms with E-state index in [4.69, 9.17) is 0 Å². The van der Waals surface area contributed by atoms with Crippen molar-refractivity contribution < 1.29 is 0 Å². The molecule has 2 heteroatoms. The molecule has 114 valence electrons. The third-order valence-electron chi connectivity index (χ3n) is 4.38. The molecule has 0 saturated carbocycles. The molecular formula is C21H20N2. The predicted octanol–water partition coefficient (Wildman–Crippen LogP) is 5.06. The average Bonchev–Trinajstić information content (AvgIpc) is 2.54. The van der Waals surface area contributed by atoms with Crippen molar-refractivity contribution in [3.8, 4) is 17.2 Å². The highest BCUT2D eigenvalue weighted by Crippen LogP contribution is 2.35. The van der Waals surface area contributed by atoms with Gasteiger partial charge in [-0.2, -0.15) is 5.26 Å². The number of benzene rings is 3. The summed E-state index contributed by atoms with van der Waals surface area (Å²) in [7, 11) is 4.12. The molecule has 0 radical (unpaired) electrons. The Labute approximate surface area is 137 Å². The summed E-state index contributed by atoms with van der Waals surface area (Å²) >= 11 is 0. The zero-order valence-corrected chi connectivity index (χ0v) is 14.0. The molecule has 0 bridgehead atoms. The van der Waals surface area contributed by atoms with Crippen LogP contribution in [0.25, 0.3) is 21.9 Å². The number of nitrogens with zero attached hydrogens (tertiary/aromatic N) is 2. The maximum atomic E-state index is 9.44. The molecule has 0 N–H and O–H groups in total. The molecule has 0 aromatic heterocycles. The van der Waals surface area contributed by atoms with E-state index in [2.05, 4.69) is 75.3 Å². The average molecular weight is 300 g/mol. The normalized spacial score (nSPS) is 10.6. The van der Waals surface area contributed by atoms with Crippen LogP contribution in [0.3, 0.4) is 0 Å². The number of hydrogen-bond acceptors (Lipinski definition) is 2. The van der Waals surface area contributed by atoms with Gasteiger partial charge in [0.05, 0.1) is 11.6 Å². The molecule has 0 aliphatic rings. The van der Waals surface area contributed by atoms with Crippen LogP contribution in [0.2, 0.25) is 0 Å². The molecule has 23 heavy (non-hydrogen) atoms. The minimum Gasteiger partial charge on any atom is -0.377 e. The fourth-order valence-electron chi connectivity index (χ4n) is 3.15. The van der Waals surface area contributed by atoms with E-state index in [0.29, 0.717) is 0 Å². The fourth-order valence-corrected chi connectivity index (χ4v) is 3.15. The maximum absolute atomic E-state index is 9.44. The van der Waals surface area contributed by atoms with Crippen LogP contribution in [0.15, 0.2) is 48.5 Å². The van der Waals surface area contributed by atoms with E-state index in [1.54, 1.807) is 0 Å². The van der Waals surface area contributed by atoms with Crippen LogP contribution in [-0.4, -0.2) is 14.1 Å². The Morgan fingerprint density at radius 2 is 1.65 bits per heavy atom. The number of fused-ring (bicyclic) bond motifs is 1. The third kappa shape index (κ3) is 2.55. The monoisotopic (exact) mass is 300 g/mol. The molecule has 0 aliphatic heterocycles. The molecule has 0 aliphatic carbocycles. The smallest absolute Gasteiger partial charge is 0.0998 e. The first-order chi connectivity index (χ1) is 11.0. The lowest BCUT2D eigenvalue weighted by atomic mass is 9.91. The number of rotatable bonds is 2. The minimum absolute atomic E-state index is 0.724. The first-order valence-electron chi connectivity index (χ1n) is 7.73. The van der Waals surface area contributed by atoms with E-state index in [1.165, 1.54) is 27.6 Å². The van der Waals surface area contributed by atoms with Crippen LogP contribution in [-0.2, 0) is 0 Å². The molecule has 0 amide bonds. The van der Waals surface area contributed by atoms with Gasteiger partial charge in [-0.3, -0.25) is 0 Å². The second-order valence-electron chi connectivity index (χ2n) is 6.17. The second-order valence-corrected chi connectivity index (χ2v) is 6.17. The highest BCUT2D eigenvalue weighted by molar-refractivity contribution is 5.99.